The zero-order valence-electron chi connectivity index (χ0n) is 22.1. The predicted octanol–water partition coefficient (Wildman–Crippen LogP) is 8.52. The summed E-state index contributed by atoms with van der Waals surface area (Å²) in [5.74, 6) is 0.343. The predicted molar refractivity (Wildman–Crippen MR) is 167 cm³/mol. The van der Waals surface area contributed by atoms with Crippen LogP contribution in [-0.2, 0) is 0 Å². The molecule has 0 fully saturated rings. The van der Waals surface area contributed by atoms with Gasteiger partial charge in [-0.25, -0.2) is 4.98 Å². The number of ketones is 1. The fourth-order valence-corrected chi connectivity index (χ4v) is 5.00. The van der Waals surface area contributed by atoms with E-state index >= 15 is 0 Å². The van der Waals surface area contributed by atoms with Crippen LogP contribution in [0, 0.1) is 0 Å². The van der Waals surface area contributed by atoms with Crippen LogP contribution in [0.4, 0.5) is 0 Å². The summed E-state index contributed by atoms with van der Waals surface area (Å²) in [6.07, 6.45) is 1.95. The molecule has 0 amide bonds. The van der Waals surface area contributed by atoms with E-state index in [9.17, 15) is 9.59 Å². The fraction of sp³-hybridized carbons (Fsp3) is 0.0278. The molecular weight excluding hydrogens is 528 g/mol. The van der Waals surface area contributed by atoms with Crippen molar-refractivity contribution in [1.82, 2.24) is 9.55 Å². The van der Waals surface area contributed by atoms with Gasteiger partial charge >= 0.3 is 0 Å². The summed E-state index contributed by atoms with van der Waals surface area (Å²) in [6.45, 7) is 0. The van der Waals surface area contributed by atoms with Crippen LogP contribution in [0.3, 0.4) is 0 Å². The number of rotatable bonds is 7. The number of nitrogens with zero attached hydrogens (tertiary/aromatic N) is 2. The summed E-state index contributed by atoms with van der Waals surface area (Å²) < 4.78 is 1.59. The average Bonchev–Trinajstić information content (AvgIpc) is 3.02. The van der Waals surface area contributed by atoms with Gasteiger partial charge in [-0.15, -0.1) is 0 Å². The molecule has 6 aromatic rings. The minimum atomic E-state index is -0.196. The number of hydrogen-bond donors (Lipinski definition) is 0. The second-order valence-electron chi connectivity index (χ2n) is 9.69. The summed E-state index contributed by atoms with van der Waals surface area (Å²) in [5.41, 5.74) is 5.22. The molecule has 1 heterocycles. The maximum atomic E-state index is 13.9. The highest BCUT2D eigenvalue weighted by Crippen LogP contribution is 2.27. The lowest BCUT2D eigenvalue weighted by atomic mass is 9.97. The highest BCUT2D eigenvalue weighted by Gasteiger charge is 2.19. The van der Waals surface area contributed by atoms with Gasteiger partial charge in [-0.2, -0.15) is 0 Å². The lowest BCUT2D eigenvalue weighted by Crippen LogP contribution is -2.24. The van der Waals surface area contributed by atoms with E-state index in [0.717, 1.165) is 16.7 Å². The lowest BCUT2D eigenvalue weighted by Gasteiger charge is -2.16. The third-order valence-corrected chi connectivity index (χ3v) is 7.21. The van der Waals surface area contributed by atoms with E-state index in [-0.39, 0.29) is 17.8 Å². The number of carbonyl (C=O) groups excluding carboxylic acids is 1. The van der Waals surface area contributed by atoms with Crippen molar-refractivity contribution >= 4 is 39.9 Å². The Morgan fingerprint density at radius 3 is 2.02 bits per heavy atom. The normalized spacial score (nSPS) is 11.5. The monoisotopic (exact) mass is 552 g/mol. The first-order valence-corrected chi connectivity index (χ1v) is 13.7. The SMILES string of the molecule is O=C(C/C(=C\c1ccc(Cl)cc1)c1nc2ccccc2c(=O)n1-c1ccccc1)c1ccc(-c2ccccc2)cc1. The van der Waals surface area contributed by atoms with Crippen LogP contribution in [0.15, 0.2) is 138 Å². The highest BCUT2D eigenvalue weighted by molar-refractivity contribution is 6.30. The second-order valence-corrected chi connectivity index (χ2v) is 10.1. The van der Waals surface area contributed by atoms with Crippen LogP contribution in [0.5, 0.6) is 0 Å². The molecule has 0 N–H and O–H groups in total. The van der Waals surface area contributed by atoms with Gasteiger partial charge in [0.2, 0.25) is 0 Å². The number of fused-ring (bicyclic) bond motifs is 1. The van der Waals surface area contributed by atoms with Crippen LogP contribution < -0.4 is 5.56 Å². The maximum absolute atomic E-state index is 13.9. The smallest absolute Gasteiger partial charge is 0.266 e. The first-order chi connectivity index (χ1) is 20.1. The van der Waals surface area contributed by atoms with Gasteiger partial charge in [0.1, 0.15) is 5.82 Å². The van der Waals surface area contributed by atoms with Crippen molar-refractivity contribution in [3.63, 3.8) is 0 Å². The first-order valence-electron chi connectivity index (χ1n) is 13.3. The van der Waals surface area contributed by atoms with Crippen LogP contribution in [0.2, 0.25) is 5.02 Å². The number of para-hydroxylation sites is 2. The van der Waals surface area contributed by atoms with Crippen molar-refractivity contribution in [2.45, 2.75) is 6.42 Å². The van der Waals surface area contributed by atoms with Crippen molar-refractivity contribution in [2.75, 3.05) is 0 Å². The van der Waals surface area contributed by atoms with E-state index in [1.165, 1.54) is 0 Å². The molecule has 5 heteroatoms. The van der Waals surface area contributed by atoms with Gasteiger partial charge in [-0.1, -0.05) is 109 Å². The van der Waals surface area contributed by atoms with Gasteiger partial charge in [0, 0.05) is 22.6 Å². The molecule has 1 aromatic heterocycles. The van der Waals surface area contributed by atoms with Crippen molar-refractivity contribution in [2.24, 2.45) is 0 Å². The Kier molecular flexibility index (Phi) is 7.40. The van der Waals surface area contributed by atoms with Crippen LogP contribution in [0.1, 0.15) is 28.2 Å². The van der Waals surface area contributed by atoms with E-state index in [2.05, 4.69) is 0 Å². The standard InChI is InChI=1S/C36H25ClN2O2/c37-30-21-15-25(16-22-30)23-29(24-34(40)28-19-17-27(18-20-28)26-9-3-1-4-10-26)35-38-33-14-8-7-13-32(33)36(41)39(35)31-11-5-2-6-12-31/h1-23H,24H2/b29-23+. The minimum Gasteiger partial charge on any atom is -0.294 e. The summed E-state index contributed by atoms with van der Waals surface area (Å²) in [5, 5.41) is 1.12. The molecule has 0 radical (unpaired) electrons. The van der Waals surface area contributed by atoms with Crippen LogP contribution >= 0.6 is 11.6 Å². The molecule has 0 aliphatic carbocycles. The van der Waals surface area contributed by atoms with Gasteiger partial charge in [-0.3, -0.25) is 14.2 Å². The molecule has 0 bridgehead atoms. The number of Topliss-reactive ketones (excluding diaryl/α,β-unsaturated/α-hetero) is 1. The number of benzene rings is 5. The highest BCUT2D eigenvalue weighted by atomic mass is 35.5. The van der Waals surface area contributed by atoms with Gasteiger partial charge in [0.15, 0.2) is 5.78 Å². The number of carbonyl (C=O) groups is 1. The molecule has 0 saturated heterocycles. The average molecular weight is 553 g/mol. The number of aromatic nitrogens is 2. The molecule has 198 valence electrons. The van der Waals surface area contributed by atoms with E-state index in [1.807, 2.05) is 121 Å². The molecule has 0 aliphatic heterocycles. The third-order valence-electron chi connectivity index (χ3n) is 6.95. The van der Waals surface area contributed by atoms with Crippen molar-refractivity contribution in [3.05, 3.63) is 166 Å². The van der Waals surface area contributed by atoms with Gasteiger partial charge in [0.05, 0.1) is 16.6 Å². The molecule has 5 aromatic carbocycles. The van der Waals surface area contributed by atoms with Gasteiger partial charge in [-0.05, 0) is 59.2 Å². The van der Waals surface area contributed by atoms with Crippen LogP contribution in [-0.4, -0.2) is 15.3 Å². The molecule has 0 spiro atoms. The quantitative estimate of drug-likeness (QED) is 0.186. The van der Waals surface area contributed by atoms with Crippen molar-refractivity contribution < 1.29 is 4.79 Å². The molecule has 4 nitrogen and oxygen atoms in total. The third kappa shape index (κ3) is 5.65. The number of allylic oxidation sites excluding steroid dienone is 1. The number of hydrogen-bond acceptors (Lipinski definition) is 3. The van der Waals surface area contributed by atoms with Crippen molar-refractivity contribution in [3.8, 4) is 16.8 Å². The summed E-state index contributed by atoms with van der Waals surface area (Å²) >= 11 is 6.15. The Morgan fingerprint density at radius 2 is 1.32 bits per heavy atom. The minimum absolute atomic E-state index is 0.0466. The topological polar surface area (TPSA) is 52.0 Å². The Balaban J connectivity index is 1.48. The summed E-state index contributed by atoms with van der Waals surface area (Å²) in [4.78, 5) is 32.6. The molecule has 0 saturated carbocycles. The fourth-order valence-electron chi connectivity index (χ4n) is 4.87. The Labute approximate surface area is 242 Å². The zero-order chi connectivity index (χ0) is 28.2. The van der Waals surface area contributed by atoms with E-state index in [4.69, 9.17) is 16.6 Å². The number of halogens is 1. The van der Waals surface area contributed by atoms with E-state index in [0.29, 0.717) is 38.6 Å². The first kappa shape index (κ1) is 26.2. The summed E-state index contributed by atoms with van der Waals surface area (Å²) in [6, 6.07) is 41.7. The Bertz CT molecular complexity index is 1930. The zero-order valence-corrected chi connectivity index (χ0v) is 22.8. The van der Waals surface area contributed by atoms with Gasteiger partial charge < -0.3 is 0 Å². The summed E-state index contributed by atoms with van der Waals surface area (Å²) in [7, 11) is 0. The largest absolute Gasteiger partial charge is 0.294 e. The second kappa shape index (κ2) is 11.6. The molecular formula is C36H25ClN2O2. The molecule has 0 aliphatic rings. The Hall–Kier alpha value is -5.06. The van der Waals surface area contributed by atoms with Crippen LogP contribution in [0.25, 0.3) is 39.4 Å². The molecule has 6 rings (SSSR count). The van der Waals surface area contributed by atoms with E-state index < -0.39 is 0 Å². The molecule has 0 atom stereocenters. The Morgan fingerprint density at radius 1 is 0.707 bits per heavy atom. The van der Waals surface area contributed by atoms with Crippen molar-refractivity contribution in [1.29, 1.82) is 0 Å². The van der Waals surface area contributed by atoms with E-state index in [1.54, 1.807) is 22.8 Å². The van der Waals surface area contributed by atoms with Gasteiger partial charge in [0.25, 0.3) is 5.56 Å². The molecule has 41 heavy (non-hydrogen) atoms. The lowest BCUT2D eigenvalue weighted by molar-refractivity contribution is 0.0998. The maximum Gasteiger partial charge on any atom is 0.266 e. The molecule has 0 unspecified atom stereocenters.